The van der Waals surface area contributed by atoms with Crippen LogP contribution in [0.25, 0.3) is 0 Å². The molecule has 140 valence electrons. The van der Waals surface area contributed by atoms with Crippen LogP contribution in [0.5, 0.6) is 0 Å². The van der Waals surface area contributed by atoms with Gasteiger partial charge in [0.15, 0.2) is 0 Å². The molecule has 0 spiro atoms. The third-order valence-corrected chi connectivity index (χ3v) is 6.41. The van der Waals surface area contributed by atoms with Gasteiger partial charge in [0.05, 0.1) is 16.7 Å². The number of aromatic nitrogens is 1. The lowest BCUT2D eigenvalue weighted by atomic mass is 9.71. The third-order valence-electron chi connectivity index (χ3n) is 5.17. The second-order valence-electron chi connectivity index (χ2n) is 6.80. The molecule has 4 nitrogen and oxygen atoms in total. The molecule has 1 atom stereocenters. The van der Waals surface area contributed by atoms with E-state index in [1.54, 1.807) is 11.3 Å². The molecule has 1 aromatic rings. The summed E-state index contributed by atoms with van der Waals surface area (Å²) in [4.78, 5) is 20.3. The summed E-state index contributed by atoms with van der Waals surface area (Å²) in [6, 6.07) is 0.0807. The number of nitrogens with two attached hydrogens (primary N) is 1. The van der Waals surface area contributed by atoms with E-state index >= 15 is 0 Å². The van der Waals surface area contributed by atoms with Gasteiger partial charge in [0.25, 0.3) is 0 Å². The van der Waals surface area contributed by atoms with Crippen molar-refractivity contribution in [1.82, 2.24) is 9.88 Å². The maximum atomic E-state index is 12.8. The Balaban J connectivity index is 0.00000264. The first kappa shape index (κ1) is 23.6. The van der Waals surface area contributed by atoms with Crippen LogP contribution in [0.2, 0.25) is 0 Å². The standard InChI is InChI=1S/C17H29N3OS.2ClH/c1-12-16(22-14(3)19-12)13(2)20(4)15(21)10-17(11-18)8-6-5-7-9-17;;/h13H,5-11,18H2,1-4H3;2*1H. The van der Waals surface area contributed by atoms with Crippen molar-refractivity contribution < 1.29 is 4.79 Å². The number of carbonyl (C=O) groups is 1. The minimum absolute atomic E-state index is 0. The van der Waals surface area contributed by atoms with E-state index in [0.29, 0.717) is 13.0 Å². The number of hydrogen-bond donors (Lipinski definition) is 1. The number of amides is 1. The normalized spacial score (nSPS) is 17.4. The van der Waals surface area contributed by atoms with Crippen molar-refractivity contribution in [2.24, 2.45) is 11.1 Å². The van der Waals surface area contributed by atoms with Crippen molar-refractivity contribution in [2.45, 2.75) is 65.3 Å². The molecule has 1 fully saturated rings. The molecule has 1 amide bonds. The third kappa shape index (κ3) is 5.32. The largest absolute Gasteiger partial charge is 0.338 e. The summed E-state index contributed by atoms with van der Waals surface area (Å²) < 4.78 is 0. The summed E-state index contributed by atoms with van der Waals surface area (Å²) in [7, 11) is 1.91. The van der Waals surface area contributed by atoms with Gasteiger partial charge in [-0.25, -0.2) is 4.98 Å². The van der Waals surface area contributed by atoms with Gasteiger partial charge < -0.3 is 10.6 Å². The van der Waals surface area contributed by atoms with Crippen molar-refractivity contribution in [3.05, 3.63) is 15.6 Å². The van der Waals surface area contributed by atoms with Gasteiger partial charge in [0.2, 0.25) is 5.91 Å². The van der Waals surface area contributed by atoms with E-state index in [-0.39, 0.29) is 42.2 Å². The summed E-state index contributed by atoms with van der Waals surface area (Å²) in [5, 5.41) is 1.06. The van der Waals surface area contributed by atoms with Gasteiger partial charge in [-0.3, -0.25) is 4.79 Å². The number of aryl methyl sites for hydroxylation is 2. The molecule has 0 bridgehead atoms. The van der Waals surface area contributed by atoms with Crippen molar-refractivity contribution in [3.63, 3.8) is 0 Å². The van der Waals surface area contributed by atoms with Gasteiger partial charge in [-0.15, -0.1) is 36.2 Å². The zero-order valence-corrected chi connectivity index (χ0v) is 17.6. The van der Waals surface area contributed by atoms with Crippen LogP contribution in [-0.4, -0.2) is 29.4 Å². The molecule has 2 N–H and O–H groups in total. The zero-order chi connectivity index (χ0) is 16.3. The molecule has 24 heavy (non-hydrogen) atoms. The summed E-state index contributed by atoms with van der Waals surface area (Å²) in [6.07, 6.45) is 6.46. The SMILES string of the molecule is Cc1nc(C)c(C(C)N(C)C(=O)CC2(CN)CCCCC2)s1.Cl.Cl. The Labute approximate surface area is 162 Å². The molecule has 0 radical (unpaired) electrons. The molecule has 7 heteroatoms. The topological polar surface area (TPSA) is 59.2 Å². The van der Waals surface area contributed by atoms with Crippen molar-refractivity contribution in [1.29, 1.82) is 0 Å². The highest BCUT2D eigenvalue weighted by Crippen LogP contribution is 2.39. The second-order valence-corrected chi connectivity index (χ2v) is 8.04. The van der Waals surface area contributed by atoms with E-state index < -0.39 is 0 Å². The highest BCUT2D eigenvalue weighted by molar-refractivity contribution is 7.11. The van der Waals surface area contributed by atoms with Crippen LogP contribution in [0.3, 0.4) is 0 Å². The molecule has 1 heterocycles. The van der Waals surface area contributed by atoms with E-state index in [2.05, 4.69) is 11.9 Å². The molecule has 1 aliphatic rings. The Morgan fingerprint density at radius 3 is 2.33 bits per heavy atom. The Kier molecular flexibility index (Phi) is 9.80. The molecular weight excluding hydrogens is 365 g/mol. The molecule has 1 unspecified atom stereocenters. The maximum Gasteiger partial charge on any atom is 0.223 e. The fraction of sp³-hybridized carbons (Fsp3) is 0.765. The first-order valence-electron chi connectivity index (χ1n) is 8.28. The average Bonchev–Trinajstić information content (AvgIpc) is 2.85. The summed E-state index contributed by atoms with van der Waals surface area (Å²) in [5.41, 5.74) is 7.09. The van der Waals surface area contributed by atoms with E-state index in [1.807, 2.05) is 25.8 Å². The number of nitrogens with zero attached hydrogens (tertiary/aromatic N) is 2. The van der Waals surface area contributed by atoms with Crippen LogP contribution < -0.4 is 5.73 Å². The van der Waals surface area contributed by atoms with Crippen LogP contribution in [0.4, 0.5) is 0 Å². The minimum Gasteiger partial charge on any atom is -0.338 e. The lowest BCUT2D eigenvalue weighted by Crippen LogP contribution is -2.40. The van der Waals surface area contributed by atoms with Crippen molar-refractivity contribution >= 4 is 42.1 Å². The molecule has 1 aromatic heterocycles. The van der Waals surface area contributed by atoms with Gasteiger partial charge in [-0.05, 0) is 45.6 Å². The van der Waals surface area contributed by atoms with Crippen LogP contribution in [0.15, 0.2) is 0 Å². The van der Waals surface area contributed by atoms with Crippen LogP contribution in [-0.2, 0) is 4.79 Å². The zero-order valence-electron chi connectivity index (χ0n) is 15.1. The van der Waals surface area contributed by atoms with Crippen LogP contribution in [0.1, 0.15) is 67.1 Å². The Morgan fingerprint density at radius 2 is 1.88 bits per heavy atom. The highest BCUT2D eigenvalue weighted by Gasteiger charge is 2.35. The van der Waals surface area contributed by atoms with Gasteiger partial charge in [0, 0.05) is 18.3 Å². The van der Waals surface area contributed by atoms with E-state index in [1.165, 1.54) is 24.1 Å². The summed E-state index contributed by atoms with van der Waals surface area (Å²) >= 11 is 1.69. The van der Waals surface area contributed by atoms with Crippen LogP contribution >= 0.6 is 36.2 Å². The highest BCUT2D eigenvalue weighted by atomic mass is 35.5. The Morgan fingerprint density at radius 1 is 1.29 bits per heavy atom. The number of halogens is 2. The molecule has 0 aliphatic heterocycles. The van der Waals surface area contributed by atoms with Crippen molar-refractivity contribution in [2.75, 3.05) is 13.6 Å². The first-order chi connectivity index (χ1) is 10.4. The molecular formula is C17H31Cl2N3OS. The summed E-state index contributed by atoms with van der Waals surface area (Å²) in [5.74, 6) is 0.213. The Bertz CT molecular complexity index is 530. The van der Waals surface area contributed by atoms with E-state index in [9.17, 15) is 4.79 Å². The second kappa shape index (κ2) is 9.95. The fourth-order valence-electron chi connectivity index (χ4n) is 3.53. The number of thiazole rings is 1. The smallest absolute Gasteiger partial charge is 0.223 e. The van der Waals surface area contributed by atoms with Crippen molar-refractivity contribution in [3.8, 4) is 0 Å². The van der Waals surface area contributed by atoms with Crippen LogP contribution in [0, 0.1) is 19.3 Å². The number of carbonyl (C=O) groups excluding carboxylic acids is 1. The predicted octanol–water partition coefficient (Wildman–Crippen LogP) is 4.42. The van der Waals surface area contributed by atoms with E-state index in [0.717, 1.165) is 23.5 Å². The fourth-order valence-corrected chi connectivity index (χ4v) is 4.55. The van der Waals surface area contributed by atoms with Gasteiger partial charge in [0.1, 0.15) is 0 Å². The van der Waals surface area contributed by atoms with Gasteiger partial charge >= 0.3 is 0 Å². The molecule has 1 aliphatic carbocycles. The molecule has 2 rings (SSSR count). The Hall–Kier alpha value is -0.360. The lowest BCUT2D eigenvalue weighted by molar-refractivity contribution is -0.134. The van der Waals surface area contributed by atoms with Gasteiger partial charge in [-0.1, -0.05) is 19.3 Å². The predicted molar refractivity (Wildman–Crippen MR) is 106 cm³/mol. The van der Waals surface area contributed by atoms with E-state index in [4.69, 9.17) is 5.73 Å². The molecule has 1 saturated carbocycles. The number of rotatable bonds is 5. The first-order valence-corrected chi connectivity index (χ1v) is 9.10. The minimum atomic E-state index is 0. The average molecular weight is 396 g/mol. The monoisotopic (exact) mass is 395 g/mol. The lowest BCUT2D eigenvalue weighted by Gasteiger charge is -2.37. The van der Waals surface area contributed by atoms with Gasteiger partial charge in [-0.2, -0.15) is 0 Å². The molecule has 0 aromatic carbocycles. The quantitative estimate of drug-likeness (QED) is 0.801. The number of hydrogen-bond acceptors (Lipinski definition) is 4. The maximum absolute atomic E-state index is 12.8. The molecule has 0 saturated heterocycles. The summed E-state index contributed by atoms with van der Waals surface area (Å²) in [6.45, 7) is 6.75.